The number of halogens is 1. The molecular formula is C18H17FN2O2. The van der Waals surface area contributed by atoms with E-state index in [4.69, 9.17) is 4.84 Å². The van der Waals surface area contributed by atoms with Gasteiger partial charge >= 0.3 is 0 Å². The van der Waals surface area contributed by atoms with Crippen LogP contribution in [0.4, 0.5) is 10.1 Å². The Bertz CT molecular complexity index is 758. The van der Waals surface area contributed by atoms with Crippen LogP contribution in [0.15, 0.2) is 53.7 Å². The fourth-order valence-electron chi connectivity index (χ4n) is 2.52. The lowest BCUT2D eigenvalue weighted by Gasteiger charge is -2.12. The van der Waals surface area contributed by atoms with Crippen molar-refractivity contribution in [1.82, 2.24) is 0 Å². The molecule has 2 aromatic carbocycles. The number of nitrogens with one attached hydrogen (secondary N) is 1. The van der Waals surface area contributed by atoms with Crippen molar-refractivity contribution in [2.24, 2.45) is 5.16 Å². The van der Waals surface area contributed by atoms with Crippen LogP contribution in [0.5, 0.6) is 0 Å². The van der Waals surface area contributed by atoms with E-state index in [1.54, 1.807) is 12.1 Å². The number of para-hydroxylation sites is 1. The summed E-state index contributed by atoms with van der Waals surface area (Å²) in [5.41, 5.74) is 3.05. The molecule has 1 atom stereocenters. The summed E-state index contributed by atoms with van der Waals surface area (Å²) in [6.07, 6.45) is 0.453. The van der Waals surface area contributed by atoms with E-state index in [9.17, 15) is 9.18 Å². The highest BCUT2D eigenvalue weighted by molar-refractivity contribution is 6.06. The number of hydrogen-bond acceptors (Lipinski definition) is 3. The predicted octanol–water partition coefficient (Wildman–Crippen LogP) is 3.52. The lowest BCUT2D eigenvalue weighted by atomic mass is 10.0. The third-order valence-corrected chi connectivity index (χ3v) is 3.78. The standard InChI is InChI=1S/C18H17FN2O2/c1-2-12-6-3-4-9-15(12)20-18(22)17-11-16(21-23-17)13-7-5-8-14(19)10-13/h3-10,17H,2,11H2,1H3,(H,20,22)/t17-/m0/s1. The Morgan fingerprint density at radius 3 is 2.91 bits per heavy atom. The van der Waals surface area contributed by atoms with E-state index in [0.717, 1.165) is 17.7 Å². The first-order valence-electron chi connectivity index (χ1n) is 7.54. The number of rotatable bonds is 4. The average Bonchev–Trinajstić information content (AvgIpc) is 3.05. The Hall–Kier alpha value is -2.69. The van der Waals surface area contributed by atoms with Crippen molar-refractivity contribution in [2.75, 3.05) is 5.32 Å². The first-order valence-corrected chi connectivity index (χ1v) is 7.54. The van der Waals surface area contributed by atoms with Gasteiger partial charge in [-0.2, -0.15) is 0 Å². The smallest absolute Gasteiger partial charge is 0.268 e. The largest absolute Gasteiger partial charge is 0.382 e. The first kappa shape index (κ1) is 15.2. The quantitative estimate of drug-likeness (QED) is 0.939. The fourth-order valence-corrected chi connectivity index (χ4v) is 2.52. The number of carbonyl (C=O) groups excluding carboxylic acids is 1. The van der Waals surface area contributed by atoms with Gasteiger partial charge in [0.1, 0.15) is 5.82 Å². The summed E-state index contributed by atoms with van der Waals surface area (Å²) < 4.78 is 13.3. The summed E-state index contributed by atoms with van der Waals surface area (Å²) in [4.78, 5) is 17.6. The Kier molecular flexibility index (Phi) is 4.37. The van der Waals surface area contributed by atoms with E-state index in [2.05, 4.69) is 10.5 Å². The molecule has 1 N–H and O–H groups in total. The van der Waals surface area contributed by atoms with Crippen molar-refractivity contribution in [1.29, 1.82) is 0 Å². The van der Waals surface area contributed by atoms with Gasteiger partial charge in [-0.1, -0.05) is 42.4 Å². The van der Waals surface area contributed by atoms with Crippen molar-refractivity contribution in [3.63, 3.8) is 0 Å². The molecule has 118 valence electrons. The molecule has 5 heteroatoms. The number of anilines is 1. The monoisotopic (exact) mass is 312 g/mol. The molecule has 0 spiro atoms. The van der Waals surface area contributed by atoms with Gasteiger partial charge in [0, 0.05) is 17.7 Å². The molecule has 1 aliphatic heterocycles. The molecule has 1 amide bonds. The molecule has 0 aliphatic carbocycles. The van der Waals surface area contributed by atoms with E-state index in [1.807, 2.05) is 31.2 Å². The molecule has 4 nitrogen and oxygen atoms in total. The summed E-state index contributed by atoms with van der Waals surface area (Å²) in [5.74, 6) is -0.587. The molecule has 3 rings (SSSR count). The molecule has 0 saturated heterocycles. The minimum Gasteiger partial charge on any atom is -0.382 e. The summed E-state index contributed by atoms with van der Waals surface area (Å²) >= 11 is 0. The van der Waals surface area contributed by atoms with Gasteiger partial charge in [-0.15, -0.1) is 0 Å². The van der Waals surface area contributed by atoms with Gasteiger partial charge in [0.25, 0.3) is 5.91 Å². The van der Waals surface area contributed by atoms with E-state index in [0.29, 0.717) is 17.7 Å². The third-order valence-electron chi connectivity index (χ3n) is 3.78. The third kappa shape index (κ3) is 3.39. The lowest BCUT2D eigenvalue weighted by molar-refractivity contribution is -0.125. The second-order valence-corrected chi connectivity index (χ2v) is 5.35. The van der Waals surface area contributed by atoms with E-state index in [1.165, 1.54) is 12.1 Å². The van der Waals surface area contributed by atoms with Gasteiger partial charge in [-0.3, -0.25) is 4.79 Å². The van der Waals surface area contributed by atoms with Crippen LogP contribution in [-0.2, 0) is 16.1 Å². The van der Waals surface area contributed by atoms with Crippen LogP contribution >= 0.6 is 0 Å². The van der Waals surface area contributed by atoms with E-state index < -0.39 is 6.10 Å². The second-order valence-electron chi connectivity index (χ2n) is 5.35. The number of hydrogen-bond donors (Lipinski definition) is 1. The van der Waals surface area contributed by atoms with Gasteiger partial charge in [0.2, 0.25) is 6.10 Å². The maximum Gasteiger partial charge on any atom is 0.268 e. The van der Waals surface area contributed by atoms with Gasteiger partial charge in [-0.05, 0) is 30.2 Å². The molecule has 23 heavy (non-hydrogen) atoms. The van der Waals surface area contributed by atoms with Crippen LogP contribution in [0.25, 0.3) is 0 Å². The van der Waals surface area contributed by atoms with Crippen LogP contribution in [0, 0.1) is 5.82 Å². The van der Waals surface area contributed by atoms with Crippen LogP contribution < -0.4 is 5.32 Å². The Morgan fingerprint density at radius 2 is 2.13 bits per heavy atom. The summed E-state index contributed by atoms with van der Waals surface area (Å²) in [6.45, 7) is 2.03. The first-order chi connectivity index (χ1) is 11.2. The number of nitrogens with zero attached hydrogens (tertiary/aromatic N) is 1. The number of carbonyl (C=O) groups is 1. The molecular weight excluding hydrogens is 295 g/mol. The Morgan fingerprint density at radius 1 is 1.30 bits per heavy atom. The van der Waals surface area contributed by atoms with Gasteiger partial charge in [0.05, 0.1) is 5.71 Å². The Balaban J connectivity index is 1.67. The molecule has 0 fully saturated rings. The van der Waals surface area contributed by atoms with Crippen molar-refractivity contribution >= 4 is 17.3 Å². The SMILES string of the molecule is CCc1ccccc1NC(=O)[C@@H]1CC(c2cccc(F)c2)=NO1. The molecule has 2 aromatic rings. The number of oxime groups is 1. The minimum absolute atomic E-state index is 0.249. The normalized spacial score (nSPS) is 16.6. The second kappa shape index (κ2) is 6.60. The topological polar surface area (TPSA) is 50.7 Å². The molecule has 1 heterocycles. The number of amides is 1. The maximum absolute atomic E-state index is 13.3. The van der Waals surface area contributed by atoms with Crippen molar-refractivity contribution in [3.8, 4) is 0 Å². The zero-order valence-corrected chi connectivity index (χ0v) is 12.8. The molecule has 0 radical (unpaired) electrons. The average molecular weight is 312 g/mol. The number of benzene rings is 2. The zero-order valence-electron chi connectivity index (χ0n) is 12.8. The van der Waals surface area contributed by atoms with E-state index in [-0.39, 0.29) is 11.7 Å². The highest BCUT2D eigenvalue weighted by atomic mass is 19.1. The zero-order chi connectivity index (χ0) is 16.2. The molecule has 0 aromatic heterocycles. The molecule has 1 aliphatic rings. The van der Waals surface area contributed by atoms with Crippen molar-refractivity contribution in [3.05, 3.63) is 65.5 Å². The van der Waals surface area contributed by atoms with Crippen LogP contribution in [0.1, 0.15) is 24.5 Å². The van der Waals surface area contributed by atoms with Crippen LogP contribution in [0.3, 0.4) is 0 Å². The lowest BCUT2D eigenvalue weighted by Crippen LogP contribution is -2.28. The fraction of sp³-hybridized carbons (Fsp3) is 0.222. The highest BCUT2D eigenvalue weighted by Crippen LogP contribution is 2.21. The van der Waals surface area contributed by atoms with E-state index >= 15 is 0 Å². The number of aryl methyl sites for hydroxylation is 1. The van der Waals surface area contributed by atoms with Gasteiger partial charge in [-0.25, -0.2) is 4.39 Å². The Labute approximate surface area is 134 Å². The summed E-state index contributed by atoms with van der Waals surface area (Å²) in [7, 11) is 0. The minimum atomic E-state index is -0.696. The molecule has 0 saturated carbocycles. The van der Waals surface area contributed by atoms with Crippen molar-refractivity contribution < 1.29 is 14.0 Å². The maximum atomic E-state index is 13.3. The molecule has 0 bridgehead atoms. The summed E-state index contributed by atoms with van der Waals surface area (Å²) in [6, 6.07) is 13.8. The van der Waals surface area contributed by atoms with Crippen LogP contribution in [-0.4, -0.2) is 17.7 Å². The summed E-state index contributed by atoms with van der Waals surface area (Å²) in [5, 5.41) is 6.80. The van der Waals surface area contributed by atoms with Crippen molar-refractivity contribution in [2.45, 2.75) is 25.9 Å². The van der Waals surface area contributed by atoms with Gasteiger partial charge < -0.3 is 10.2 Å². The van der Waals surface area contributed by atoms with Crippen LogP contribution in [0.2, 0.25) is 0 Å². The van der Waals surface area contributed by atoms with Gasteiger partial charge in [0.15, 0.2) is 0 Å². The molecule has 0 unspecified atom stereocenters. The highest BCUT2D eigenvalue weighted by Gasteiger charge is 2.29. The predicted molar refractivity (Wildman–Crippen MR) is 86.9 cm³/mol.